The summed E-state index contributed by atoms with van der Waals surface area (Å²) in [6.07, 6.45) is 3.41. The normalized spacial score (nSPS) is 12.6. The van der Waals surface area contributed by atoms with Crippen LogP contribution in [0.15, 0.2) is 67.0 Å². The number of para-hydroxylation sites is 1. The van der Waals surface area contributed by atoms with Gasteiger partial charge in [0.25, 0.3) is 11.8 Å². The van der Waals surface area contributed by atoms with Crippen molar-refractivity contribution < 1.29 is 19.1 Å². The number of hydrogen-bond acceptors (Lipinski definition) is 6. The Morgan fingerprint density at radius 1 is 0.900 bits per heavy atom. The largest absolute Gasteiger partial charge is 0.424 e. The summed E-state index contributed by atoms with van der Waals surface area (Å²) in [5.41, 5.74) is 1.24. The number of hydrogen-bond donors (Lipinski definition) is 1. The molecule has 30 heavy (non-hydrogen) atoms. The summed E-state index contributed by atoms with van der Waals surface area (Å²) < 4.78 is 5.50. The molecule has 1 aromatic heterocycles. The van der Waals surface area contributed by atoms with Gasteiger partial charge in [0.1, 0.15) is 5.75 Å². The van der Waals surface area contributed by atoms with Crippen molar-refractivity contribution in [1.29, 1.82) is 0 Å². The highest BCUT2D eigenvalue weighted by Gasteiger charge is 2.34. The molecule has 2 aromatic carbocycles. The van der Waals surface area contributed by atoms with E-state index in [-0.39, 0.29) is 36.7 Å². The lowest BCUT2D eigenvalue weighted by Gasteiger charge is -2.13. The SMILES string of the molecule is O=C(CCCN1C(=O)c2ccccc2C1=O)Nc1cnc(Oc2ccccc2)nc1. The van der Waals surface area contributed by atoms with Crippen LogP contribution in [0.3, 0.4) is 0 Å². The molecule has 0 radical (unpaired) electrons. The monoisotopic (exact) mass is 402 g/mol. The van der Waals surface area contributed by atoms with E-state index in [4.69, 9.17) is 4.74 Å². The van der Waals surface area contributed by atoms with Gasteiger partial charge in [0.15, 0.2) is 0 Å². The van der Waals surface area contributed by atoms with Crippen molar-refractivity contribution in [3.05, 3.63) is 78.1 Å². The predicted molar refractivity (Wildman–Crippen MR) is 108 cm³/mol. The standard InChI is InChI=1S/C22H18N4O4/c27-19(11-6-12-26-20(28)17-9-4-5-10-18(17)21(26)29)25-15-13-23-22(24-14-15)30-16-7-2-1-3-8-16/h1-5,7-10,13-14H,6,11-12H2,(H,25,27). The molecule has 1 aliphatic rings. The van der Waals surface area contributed by atoms with Crippen LogP contribution in [0, 0.1) is 0 Å². The Balaban J connectivity index is 1.25. The number of fused-ring (bicyclic) bond motifs is 1. The highest BCUT2D eigenvalue weighted by molar-refractivity contribution is 6.21. The molecule has 2 heterocycles. The van der Waals surface area contributed by atoms with E-state index in [1.807, 2.05) is 18.2 Å². The number of amides is 3. The molecule has 1 aliphatic heterocycles. The Kier molecular flexibility index (Phi) is 5.47. The Bertz CT molecular complexity index is 1050. The van der Waals surface area contributed by atoms with Crippen molar-refractivity contribution in [2.75, 3.05) is 11.9 Å². The second-order valence-electron chi connectivity index (χ2n) is 6.63. The first-order chi connectivity index (χ1) is 14.6. The molecule has 0 aliphatic carbocycles. The minimum atomic E-state index is -0.321. The number of ether oxygens (including phenoxy) is 1. The molecule has 0 spiro atoms. The number of anilines is 1. The molecule has 1 N–H and O–H groups in total. The summed E-state index contributed by atoms with van der Waals surface area (Å²) in [7, 11) is 0. The van der Waals surface area contributed by atoms with Gasteiger partial charge in [-0.15, -0.1) is 0 Å². The van der Waals surface area contributed by atoms with E-state index < -0.39 is 0 Å². The second kappa shape index (κ2) is 8.52. The lowest BCUT2D eigenvalue weighted by molar-refractivity contribution is -0.116. The molecule has 3 amide bonds. The third-order valence-corrected chi connectivity index (χ3v) is 4.53. The smallest absolute Gasteiger partial charge is 0.322 e. The molecule has 4 rings (SSSR count). The van der Waals surface area contributed by atoms with Crippen LogP contribution in [0.1, 0.15) is 33.6 Å². The zero-order chi connectivity index (χ0) is 20.9. The van der Waals surface area contributed by atoms with E-state index in [1.165, 1.54) is 17.3 Å². The Hall–Kier alpha value is -4.07. The van der Waals surface area contributed by atoms with Gasteiger partial charge in [0, 0.05) is 13.0 Å². The first-order valence-corrected chi connectivity index (χ1v) is 9.42. The van der Waals surface area contributed by atoms with Gasteiger partial charge in [-0.05, 0) is 30.7 Å². The van der Waals surface area contributed by atoms with Gasteiger partial charge in [-0.1, -0.05) is 30.3 Å². The maximum atomic E-state index is 12.3. The van der Waals surface area contributed by atoms with Crippen molar-refractivity contribution in [2.24, 2.45) is 0 Å². The number of aromatic nitrogens is 2. The number of rotatable bonds is 7. The molecule has 150 valence electrons. The lowest BCUT2D eigenvalue weighted by atomic mass is 10.1. The molecular formula is C22H18N4O4. The molecule has 8 heteroatoms. The third kappa shape index (κ3) is 4.17. The van der Waals surface area contributed by atoms with Gasteiger partial charge in [0.2, 0.25) is 5.91 Å². The summed E-state index contributed by atoms with van der Waals surface area (Å²) in [6.45, 7) is 0.181. The van der Waals surface area contributed by atoms with Crippen molar-refractivity contribution in [3.8, 4) is 11.8 Å². The third-order valence-electron chi connectivity index (χ3n) is 4.53. The van der Waals surface area contributed by atoms with Gasteiger partial charge < -0.3 is 10.1 Å². The molecule has 0 saturated heterocycles. The molecule has 0 unspecified atom stereocenters. The quantitative estimate of drug-likeness (QED) is 0.609. The van der Waals surface area contributed by atoms with Crippen LogP contribution in [0.5, 0.6) is 11.8 Å². The van der Waals surface area contributed by atoms with Gasteiger partial charge in [0.05, 0.1) is 29.2 Å². The molecule has 0 fully saturated rings. The van der Waals surface area contributed by atoms with Crippen molar-refractivity contribution in [1.82, 2.24) is 14.9 Å². The van der Waals surface area contributed by atoms with Gasteiger partial charge in [-0.25, -0.2) is 9.97 Å². The molecule has 0 atom stereocenters. The van der Waals surface area contributed by atoms with Gasteiger partial charge in [-0.2, -0.15) is 0 Å². The number of benzene rings is 2. The molecule has 0 bridgehead atoms. The van der Waals surface area contributed by atoms with Gasteiger partial charge >= 0.3 is 6.01 Å². The Morgan fingerprint density at radius 2 is 1.50 bits per heavy atom. The lowest BCUT2D eigenvalue weighted by Crippen LogP contribution is -2.31. The Labute approximate surface area is 172 Å². The van der Waals surface area contributed by atoms with Crippen molar-refractivity contribution in [2.45, 2.75) is 12.8 Å². The van der Waals surface area contributed by atoms with E-state index in [0.717, 1.165) is 0 Å². The summed E-state index contributed by atoms with van der Waals surface area (Å²) >= 11 is 0. The van der Waals surface area contributed by atoms with E-state index in [1.54, 1.807) is 36.4 Å². The summed E-state index contributed by atoms with van der Waals surface area (Å²) in [6, 6.07) is 16.0. The maximum Gasteiger partial charge on any atom is 0.322 e. The molecule has 8 nitrogen and oxygen atoms in total. The zero-order valence-corrected chi connectivity index (χ0v) is 15.9. The minimum absolute atomic E-state index is 0.148. The molecular weight excluding hydrogens is 384 g/mol. The van der Waals surface area contributed by atoms with E-state index in [0.29, 0.717) is 29.0 Å². The minimum Gasteiger partial charge on any atom is -0.424 e. The first kappa shape index (κ1) is 19.3. The fourth-order valence-electron chi connectivity index (χ4n) is 3.09. The fourth-order valence-corrected chi connectivity index (χ4v) is 3.09. The first-order valence-electron chi connectivity index (χ1n) is 9.42. The zero-order valence-electron chi connectivity index (χ0n) is 15.9. The van der Waals surface area contributed by atoms with Crippen LogP contribution in [-0.4, -0.2) is 39.1 Å². The van der Waals surface area contributed by atoms with Crippen LogP contribution in [0.25, 0.3) is 0 Å². The van der Waals surface area contributed by atoms with Crippen LogP contribution in [0.2, 0.25) is 0 Å². The average Bonchev–Trinajstić information content (AvgIpc) is 3.01. The topological polar surface area (TPSA) is 101 Å². The highest BCUT2D eigenvalue weighted by atomic mass is 16.5. The van der Waals surface area contributed by atoms with Crippen LogP contribution in [0.4, 0.5) is 5.69 Å². The molecule has 3 aromatic rings. The van der Waals surface area contributed by atoms with Crippen LogP contribution in [-0.2, 0) is 4.79 Å². The van der Waals surface area contributed by atoms with E-state index >= 15 is 0 Å². The van der Waals surface area contributed by atoms with Crippen molar-refractivity contribution >= 4 is 23.4 Å². The average molecular weight is 402 g/mol. The number of carbonyl (C=O) groups excluding carboxylic acids is 3. The van der Waals surface area contributed by atoms with Gasteiger partial charge in [-0.3, -0.25) is 19.3 Å². The number of carbonyl (C=O) groups is 3. The summed E-state index contributed by atoms with van der Waals surface area (Å²) in [5, 5.41) is 2.69. The van der Waals surface area contributed by atoms with E-state index in [9.17, 15) is 14.4 Å². The number of nitrogens with zero attached hydrogens (tertiary/aromatic N) is 3. The maximum absolute atomic E-state index is 12.3. The fraction of sp³-hybridized carbons (Fsp3) is 0.136. The summed E-state index contributed by atoms with van der Waals surface area (Å²) in [4.78, 5) is 46.1. The number of imide groups is 1. The molecule has 0 saturated carbocycles. The van der Waals surface area contributed by atoms with Crippen LogP contribution < -0.4 is 10.1 Å². The second-order valence-corrected chi connectivity index (χ2v) is 6.63. The highest BCUT2D eigenvalue weighted by Crippen LogP contribution is 2.23. The van der Waals surface area contributed by atoms with Crippen LogP contribution >= 0.6 is 0 Å². The van der Waals surface area contributed by atoms with E-state index in [2.05, 4.69) is 15.3 Å². The number of nitrogens with one attached hydrogen (secondary N) is 1. The van der Waals surface area contributed by atoms with Crippen molar-refractivity contribution in [3.63, 3.8) is 0 Å². The Morgan fingerprint density at radius 3 is 2.13 bits per heavy atom. The predicted octanol–water partition coefficient (Wildman–Crippen LogP) is 3.28. The summed E-state index contributed by atoms with van der Waals surface area (Å²) in [5.74, 6) is -0.286.